The Bertz CT molecular complexity index is 665. The highest BCUT2D eigenvalue weighted by Crippen LogP contribution is 2.25. The molecular formula is C15H21IN6O. The molecule has 1 saturated carbocycles. The highest BCUT2D eigenvalue weighted by molar-refractivity contribution is 14.0. The Morgan fingerprint density at radius 2 is 2.09 bits per heavy atom. The molecule has 0 atom stereocenters. The fourth-order valence-electron chi connectivity index (χ4n) is 2.15. The molecule has 0 aliphatic heterocycles. The van der Waals surface area contributed by atoms with Crippen molar-refractivity contribution in [2.75, 3.05) is 14.2 Å². The topological polar surface area (TPSA) is 92.4 Å². The number of methoxy groups -OCH3 is 1. The van der Waals surface area contributed by atoms with Crippen molar-refractivity contribution in [3.05, 3.63) is 30.1 Å². The fraction of sp³-hybridized carbons (Fsp3) is 0.400. The number of hydrogen-bond donors (Lipinski definition) is 2. The molecule has 3 rings (SSSR count). The van der Waals surface area contributed by atoms with E-state index < -0.39 is 0 Å². The van der Waals surface area contributed by atoms with Gasteiger partial charge in [0.15, 0.2) is 11.8 Å². The number of hydrogen-bond acceptors (Lipinski definition) is 4. The summed E-state index contributed by atoms with van der Waals surface area (Å²) in [5.74, 6) is 2.69. The standard InChI is InChI=1S/C15H20N6O.HI/c1-21(11-5-6-11)15(16)17-9-13-18-14(20-19-13)10-3-7-12(22-2)8-4-10;/h3-4,7-8,11H,5-6,9H2,1-2H3,(H2,16,17)(H,18,19,20);1H. The molecule has 1 aliphatic rings. The van der Waals surface area contributed by atoms with Gasteiger partial charge in [-0.1, -0.05) is 0 Å². The van der Waals surface area contributed by atoms with Crippen LogP contribution in [0.3, 0.4) is 0 Å². The van der Waals surface area contributed by atoms with Gasteiger partial charge in [-0.3, -0.25) is 5.10 Å². The first-order valence-corrected chi connectivity index (χ1v) is 7.26. The van der Waals surface area contributed by atoms with E-state index in [4.69, 9.17) is 10.5 Å². The lowest BCUT2D eigenvalue weighted by molar-refractivity contribution is 0.415. The third kappa shape index (κ3) is 4.34. The monoisotopic (exact) mass is 428 g/mol. The first kappa shape index (κ1) is 17.5. The van der Waals surface area contributed by atoms with Crippen LogP contribution in [0.15, 0.2) is 29.3 Å². The number of rotatable bonds is 5. The number of nitrogens with one attached hydrogen (secondary N) is 1. The number of H-pyrrole nitrogens is 1. The fourth-order valence-corrected chi connectivity index (χ4v) is 2.15. The Hall–Kier alpha value is -1.84. The molecule has 0 unspecified atom stereocenters. The molecule has 124 valence electrons. The summed E-state index contributed by atoms with van der Waals surface area (Å²) in [7, 11) is 3.61. The molecule has 0 bridgehead atoms. The Labute approximate surface area is 152 Å². The van der Waals surface area contributed by atoms with Gasteiger partial charge in [0.05, 0.1) is 7.11 Å². The molecule has 2 aromatic rings. The van der Waals surface area contributed by atoms with Gasteiger partial charge in [0, 0.05) is 18.7 Å². The lowest BCUT2D eigenvalue weighted by Crippen LogP contribution is -2.35. The summed E-state index contributed by atoms with van der Waals surface area (Å²) >= 11 is 0. The van der Waals surface area contributed by atoms with Crippen LogP contribution >= 0.6 is 24.0 Å². The van der Waals surface area contributed by atoms with Crippen LogP contribution in [0, 0.1) is 0 Å². The summed E-state index contributed by atoms with van der Waals surface area (Å²) in [6.07, 6.45) is 2.38. The minimum Gasteiger partial charge on any atom is -0.497 e. The van der Waals surface area contributed by atoms with Crippen LogP contribution in [0.25, 0.3) is 11.4 Å². The lowest BCUT2D eigenvalue weighted by atomic mass is 10.2. The number of nitrogens with two attached hydrogens (primary N) is 1. The van der Waals surface area contributed by atoms with Gasteiger partial charge >= 0.3 is 0 Å². The van der Waals surface area contributed by atoms with Gasteiger partial charge in [-0.15, -0.1) is 24.0 Å². The molecule has 3 N–H and O–H groups in total. The third-order valence-corrected chi connectivity index (χ3v) is 3.73. The molecule has 0 amide bonds. The van der Waals surface area contributed by atoms with Crippen LogP contribution < -0.4 is 10.5 Å². The number of benzene rings is 1. The molecule has 1 aromatic heterocycles. The molecule has 0 spiro atoms. The summed E-state index contributed by atoms with van der Waals surface area (Å²) in [5.41, 5.74) is 6.88. The van der Waals surface area contributed by atoms with Gasteiger partial charge in [0.1, 0.15) is 18.1 Å². The Morgan fingerprint density at radius 3 is 2.70 bits per heavy atom. The van der Waals surface area contributed by atoms with E-state index in [1.165, 1.54) is 12.8 Å². The Kier molecular flexibility index (Phi) is 5.80. The van der Waals surface area contributed by atoms with Gasteiger partial charge in [-0.2, -0.15) is 5.10 Å². The number of aromatic nitrogens is 3. The molecule has 23 heavy (non-hydrogen) atoms. The maximum absolute atomic E-state index is 5.96. The van der Waals surface area contributed by atoms with Crippen molar-refractivity contribution in [3.63, 3.8) is 0 Å². The maximum atomic E-state index is 5.96. The number of guanidine groups is 1. The molecule has 1 fully saturated rings. The second-order valence-electron chi connectivity index (χ2n) is 5.35. The molecule has 1 aliphatic carbocycles. The molecule has 0 radical (unpaired) electrons. The largest absolute Gasteiger partial charge is 0.497 e. The zero-order valence-electron chi connectivity index (χ0n) is 13.2. The van der Waals surface area contributed by atoms with Crippen molar-refractivity contribution >= 4 is 29.9 Å². The number of aromatic amines is 1. The van der Waals surface area contributed by atoms with E-state index >= 15 is 0 Å². The lowest BCUT2D eigenvalue weighted by Gasteiger charge is -2.16. The van der Waals surface area contributed by atoms with E-state index in [1.54, 1.807) is 7.11 Å². The normalized spacial score (nSPS) is 14.3. The van der Waals surface area contributed by atoms with Gasteiger partial charge in [-0.25, -0.2) is 9.98 Å². The minimum atomic E-state index is 0. The van der Waals surface area contributed by atoms with Crippen LogP contribution in [0.4, 0.5) is 0 Å². The molecule has 1 aromatic carbocycles. The number of halogens is 1. The summed E-state index contributed by atoms with van der Waals surface area (Å²) in [4.78, 5) is 10.8. The van der Waals surface area contributed by atoms with E-state index in [2.05, 4.69) is 20.2 Å². The molecule has 0 saturated heterocycles. The Balaban J connectivity index is 0.00000192. The third-order valence-electron chi connectivity index (χ3n) is 3.73. The van der Waals surface area contributed by atoms with E-state index in [9.17, 15) is 0 Å². The maximum Gasteiger partial charge on any atom is 0.191 e. The second kappa shape index (κ2) is 7.62. The van der Waals surface area contributed by atoms with E-state index in [1.807, 2.05) is 36.2 Å². The van der Waals surface area contributed by atoms with Crippen LogP contribution in [-0.2, 0) is 6.54 Å². The van der Waals surface area contributed by atoms with Gasteiger partial charge in [0.25, 0.3) is 0 Å². The van der Waals surface area contributed by atoms with Crippen molar-refractivity contribution in [3.8, 4) is 17.1 Å². The molecule has 7 nitrogen and oxygen atoms in total. The highest BCUT2D eigenvalue weighted by atomic mass is 127. The van der Waals surface area contributed by atoms with Crippen LogP contribution in [-0.4, -0.2) is 46.2 Å². The molecule has 1 heterocycles. The smallest absolute Gasteiger partial charge is 0.191 e. The van der Waals surface area contributed by atoms with Crippen molar-refractivity contribution in [1.29, 1.82) is 0 Å². The summed E-state index contributed by atoms with van der Waals surface area (Å²) < 4.78 is 5.14. The summed E-state index contributed by atoms with van der Waals surface area (Å²) in [6, 6.07) is 8.15. The predicted molar refractivity (Wildman–Crippen MR) is 99.9 cm³/mol. The van der Waals surface area contributed by atoms with Crippen LogP contribution in [0.5, 0.6) is 5.75 Å². The number of ether oxygens (including phenoxy) is 1. The van der Waals surface area contributed by atoms with Crippen molar-refractivity contribution in [2.45, 2.75) is 25.4 Å². The van der Waals surface area contributed by atoms with Crippen LogP contribution in [0.1, 0.15) is 18.7 Å². The van der Waals surface area contributed by atoms with E-state index in [0.29, 0.717) is 30.2 Å². The molecular weight excluding hydrogens is 407 g/mol. The highest BCUT2D eigenvalue weighted by Gasteiger charge is 2.27. The zero-order chi connectivity index (χ0) is 15.5. The SMILES string of the molecule is COc1ccc(-c2n[nH]c(CN=C(N)N(C)C3CC3)n2)cc1.I. The van der Waals surface area contributed by atoms with Gasteiger partial charge in [-0.05, 0) is 37.1 Å². The first-order valence-electron chi connectivity index (χ1n) is 7.26. The number of aliphatic imine (C=N–C) groups is 1. The quantitative estimate of drug-likeness (QED) is 0.432. The van der Waals surface area contributed by atoms with E-state index in [0.717, 1.165) is 11.3 Å². The van der Waals surface area contributed by atoms with Gasteiger partial charge in [0.2, 0.25) is 0 Å². The van der Waals surface area contributed by atoms with Crippen LogP contribution in [0.2, 0.25) is 0 Å². The predicted octanol–water partition coefficient (Wildman–Crippen LogP) is 2.01. The van der Waals surface area contributed by atoms with Crippen molar-refractivity contribution in [1.82, 2.24) is 20.1 Å². The summed E-state index contributed by atoms with van der Waals surface area (Å²) in [5, 5.41) is 7.11. The van der Waals surface area contributed by atoms with E-state index in [-0.39, 0.29) is 24.0 Å². The summed E-state index contributed by atoms with van der Waals surface area (Å²) in [6.45, 7) is 0.395. The first-order chi connectivity index (χ1) is 10.7. The minimum absolute atomic E-state index is 0. The Morgan fingerprint density at radius 1 is 1.39 bits per heavy atom. The number of nitrogens with zero attached hydrogens (tertiary/aromatic N) is 4. The average molecular weight is 428 g/mol. The van der Waals surface area contributed by atoms with Gasteiger partial charge < -0.3 is 15.4 Å². The average Bonchev–Trinajstić information content (AvgIpc) is 3.30. The van der Waals surface area contributed by atoms with Crippen molar-refractivity contribution < 1.29 is 4.74 Å². The molecule has 8 heteroatoms. The zero-order valence-corrected chi connectivity index (χ0v) is 15.5. The van der Waals surface area contributed by atoms with Crippen molar-refractivity contribution in [2.24, 2.45) is 10.7 Å². The second-order valence-corrected chi connectivity index (χ2v) is 5.35.